The Morgan fingerprint density at radius 3 is 2.65 bits per heavy atom. The number of hydrogen-bond donors (Lipinski definition) is 0. The minimum atomic E-state index is -4.39. The van der Waals surface area contributed by atoms with E-state index in [0.29, 0.717) is 30.1 Å². The van der Waals surface area contributed by atoms with Crippen LogP contribution in [0, 0.1) is 0 Å². The van der Waals surface area contributed by atoms with E-state index in [1.807, 2.05) is 0 Å². The Hall–Kier alpha value is -2.09. The minimum absolute atomic E-state index is 0.362. The van der Waals surface area contributed by atoms with Gasteiger partial charge >= 0.3 is 12.3 Å². The third-order valence-electron chi connectivity index (χ3n) is 3.82. The maximum Gasteiger partial charge on any atom is 0.416 e. The predicted octanol–water partition coefficient (Wildman–Crippen LogP) is 5.12. The molecule has 0 unspecified atom stereocenters. The number of carbonyl (C=O) groups excluding carboxylic acids is 1. The summed E-state index contributed by atoms with van der Waals surface area (Å²) in [7, 11) is 0. The van der Waals surface area contributed by atoms with Crippen LogP contribution in [0.3, 0.4) is 0 Å². The molecule has 1 aliphatic heterocycles. The highest BCUT2D eigenvalue weighted by Gasteiger charge is 2.31. The smallest absolute Gasteiger partial charge is 0.416 e. The average Bonchev–Trinajstić information content (AvgIpc) is 2.95. The highest BCUT2D eigenvalue weighted by molar-refractivity contribution is 7.15. The predicted molar refractivity (Wildman–Crippen MR) is 92.9 cm³/mol. The van der Waals surface area contributed by atoms with Crippen molar-refractivity contribution in [2.45, 2.75) is 45.5 Å². The number of benzene rings is 1. The molecular weight excluding hydrogens is 365 g/mol. The van der Waals surface area contributed by atoms with Gasteiger partial charge in [0.2, 0.25) is 0 Å². The van der Waals surface area contributed by atoms with E-state index in [1.165, 1.54) is 17.4 Å². The van der Waals surface area contributed by atoms with Gasteiger partial charge in [0.1, 0.15) is 10.6 Å². The summed E-state index contributed by atoms with van der Waals surface area (Å²) in [4.78, 5) is 19.2. The maximum atomic E-state index is 12.9. The van der Waals surface area contributed by atoms with Crippen molar-refractivity contribution in [2.75, 3.05) is 6.54 Å². The van der Waals surface area contributed by atoms with Crippen molar-refractivity contribution >= 4 is 17.4 Å². The van der Waals surface area contributed by atoms with Crippen LogP contribution >= 0.6 is 11.3 Å². The van der Waals surface area contributed by atoms with Gasteiger partial charge in [-0.2, -0.15) is 13.2 Å². The topological polar surface area (TPSA) is 42.4 Å². The standard InChI is InChI=1S/C18H19F3N2O2S/c1-17(2,3)25-16(24)23-8-7-13-14(10-23)26-15(22-13)11-5-4-6-12(9-11)18(19,20)21/h4-6,9H,7-8,10H2,1-3H3. The van der Waals surface area contributed by atoms with Crippen LogP contribution in [0.1, 0.15) is 36.9 Å². The van der Waals surface area contributed by atoms with Gasteiger partial charge in [-0.15, -0.1) is 11.3 Å². The van der Waals surface area contributed by atoms with Gasteiger partial charge in [0.15, 0.2) is 0 Å². The molecule has 140 valence electrons. The van der Waals surface area contributed by atoms with Gasteiger partial charge in [0.25, 0.3) is 0 Å². The van der Waals surface area contributed by atoms with Crippen molar-refractivity contribution in [1.82, 2.24) is 9.88 Å². The number of fused-ring (bicyclic) bond motifs is 1. The molecule has 26 heavy (non-hydrogen) atoms. The van der Waals surface area contributed by atoms with E-state index in [0.717, 1.165) is 22.7 Å². The van der Waals surface area contributed by atoms with Crippen molar-refractivity contribution in [3.8, 4) is 10.6 Å². The minimum Gasteiger partial charge on any atom is -0.444 e. The van der Waals surface area contributed by atoms with Crippen LogP contribution in [0.4, 0.5) is 18.0 Å². The highest BCUT2D eigenvalue weighted by atomic mass is 32.1. The fraction of sp³-hybridized carbons (Fsp3) is 0.444. The summed E-state index contributed by atoms with van der Waals surface area (Å²) < 4.78 is 44.1. The first kappa shape index (κ1) is 18.7. The van der Waals surface area contributed by atoms with Crippen LogP contribution in [-0.2, 0) is 23.9 Å². The van der Waals surface area contributed by atoms with E-state index in [-0.39, 0.29) is 0 Å². The second kappa shape index (κ2) is 6.57. The van der Waals surface area contributed by atoms with Crippen molar-refractivity contribution in [3.63, 3.8) is 0 Å². The van der Waals surface area contributed by atoms with Crippen molar-refractivity contribution < 1.29 is 22.7 Å². The molecule has 0 N–H and O–H groups in total. The Bertz CT molecular complexity index is 825. The first-order valence-corrected chi connectivity index (χ1v) is 8.99. The first-order valence-electron chi connectivity index (χ1n) is 8.17. The number of hydrogen-bond acceptors (Lipinski definition) is 4. The monoisotopic (exact) mass is 384 g/mol. The number of ether oxygens (including phenoxy) is 1. The molecule has 1 aromatic carbocycles. The third-order valence-corrected chi connectivity index (χ3v) is 4.95. The van der Waals surface area contributed by atoms with E-state index in [1.54, 1.807) is 31.7 Å². The summed E-state index contributed by atoms with van der Waals surface area (Å²) in [5.41, 5.74) is -0.00217. The number of aromatic nitrogens is 1. The van der Waals surface area contributed by atoms with Crippen molar-refractivity contribution in [3.05, 3.63) is 40.4 Å². The van der Waals surface area contributed by atoms with Crippen molar-refractivity contribution in [2.24, 2.45) is 0 Å². The number of thiazole rings is 1. The Labute approximate surface area is 153 Å². The van der Waals surface area contributed by atoms with Gasteiger partial charge in [-0.05, 0) is 32.9 Å². The van der Waals surface area contributed by atoms with Gasteiger partial charge in [0.05, 0.1) is 17.8 Å². The molecule has 0 atom stereocenters. The van der Waals surface area contributed by atoms with E-state index in [4.69, 9.17) is 4.74 Å². The lowest BCUT2D eigenvalue weighted by Crippen LogP contribution is -2.39. The molecule has 0 bridgehead atoms. The van der Waals surface area contributed by atoms with Gasteiger partial charge in [0, 0.05) is 23.4 Å². The number of nitrogens with zero attached hydrogens (tertiary/aromatic N) is 2. The van der Waals surface area contributed by atoms with Gasteiger partial charge in [-0.25, -0.2) is 9.78 Å². The van der Waals surface area contributed by atoms with Crippen LogP contribution in [0.15, 0.2) is 24.3 Å². The summed E-state index contributed by atoms with van der Waals surface area (Å²) >= 11 is 1.32. The van der Waals surface area contributed by atoms with Crippen LogP contribution < -0.4 is 0 Å². The SMILES string of the molecule is CC(C)(C)OC(=O)N1CCc2nc(-c3cccc(C(F)(F)F)c3)sc2C1. The summed E-state index contributed by atoms with van der Waals surface area (Å²) in [6, 6.07) is 5.15. The second-order valence-corrected chi connectivity index (χ2v) is 8.20. The molecule has 0 aliphatic carbocycles. The normalized spacial score (nSPS) is 14.9. The van der Waals surface area contributed by atoms with E-state index < -0.39 is 23.4 Å². The van der Waals surface area contributed by atoms with Gasteiger partial charge in [-0.3, -0.25) is 0 Å². The zero-order chi connectivity index (χ0) is 19.1. The number of amides is 1. The first-order chi connectivity index (χ1) is 12.0. The summed E-state index contributed by atoms with van der Waals surface area (Å²) in [6.07, 6.45) is -4.22. The molecule has 0 saturated carbocycles. The Morgan fingerprint density at radius 2 is 2.00 bits per heavy atom. The van der Waals surface area contributed by atoms with E-state index in [2.05, 4.69) is 4.98 Å². The van der Waals surface area contributed by atoms with Gasteiger partial charge in [-0.1, -0.05) is 12.1 Å². The molecule has 0 spiro atoms. The molecule has 8 heteroatoms. The van der Waals surface area contributed by atoms with Crippen LogP contribution in [0.5, 0.6) is 0 Å². The molecule has 1 amide bonds. The Morgan fingerprint density at radius 1 is 1.27 bits per heavy atom. The zero-order valence-corrected chi connectivity index (χ0v) is 15.5. The Balaban J connectivity index is 1.81. The molecule has 1 aliphatic rings. The molecule has 0 fully saturated rings. The quantitative estimate of drug-likeness (QED) is 0.685. The molecule has 2 heterocycles. The molecule has 0 radical (unpaired) electrons. The number of alkyl halides is 3. The third kappa shape index (κ3) is 4.17. The molecule has 2 aromatic rings. The van der Waals surface area contributed by atoms with Gasteiger partial charge < -0.3 is 9.64 Å². The average molecular weight is 384 g/mol. The summed E-state index contributed by atoms with van der Waals surface area (Å²) in [6.45, 7) is 6.25. The lowest BCUT2D eigenvalue weighted by molar-refractivity contribution is -0.137. The van der Waals surface area contributed by atoms with E-state index >= 15 is 0 Å². The summed E-state index contributed by atoms with van der Waals surface area (Å²) in [5.74, 6) is 0. The molecule has 0 saturated heterocycles. The fourth-order valence-corrected chi connectivity index (χ4v) is 3.75. The summed E-state index contributed by atoms with van der Waals surface area (Å²) in [5, 5.41) is 0.534. The Kier molecular flexibility index (Phi) is 4.72. The van der Waals surface area contributed by atoms with Crippen molar-refractivity contribution in [1.29, 1.82) is 0 Å². The fourth-order valence-electron chi connectivity index (χ4n) is 2.63. The molecule has 4 nitrogen and oxygen atoms in total. The molecular formula is C18H19F3N2O2S. The van der Waals surface area contributed by atoms with E-state index in [9.17, 15) is 18.0 Å². The zero-order valence-electron chi connectivity index (χ0n) is 14.7. The molecule has 3 rings (SSSR count). The maximum absolute atomic E-state index is 12.9. The largest absolute Gasteiger partial charge is 0.444 e. The number of carbonyl (C=O) groups is 1. The lowest BCUT2D eigenvalue weighted by atomic mass is 10.1. The molecule has 1 aromatic heterocycles. The lowest BCUT2D eigenvalue weighted by Gasteiger charge is -2.29. The van der Waals surface area contributed by atoms with Crippen LogP contribution in [-0.4, -0.2) is 28.1 Å². The van der Waals surface area contributed by atoms with Crippen LogP contribution in [0.25, 0.3) is 10.6 Å². The second-order valence-electron chi connectivity index (χ2n) is 7.12. The number of rotatable bonds is 1. The van der Waals surface area contributed by atoms with Crippen LogP contribution in [0.2, 0.25) is 0 Å². The number of halogens is 3. The highest BCUT2D eigenvalue weighted by Crippen LogP contribution is 2.35.